The molecule has 3 rings (SSSR count). The molecule has 1 aromatic heterocycles. The molecule has 15 heteroatoms. The van der Waals surface area contributed by atoms with E-state index in [1.165, 1.54) is 18.3 Å². The quantitative estimate of drug-likeness (QED) is 0.0587. The van der Waals surface area contributed by atoms with E-state index in [1.54, 1.807) is 18.4 Å². The smallest absolute Gasteiger partial charge is 0.343 e. The molecule has 0 aliphatic rings. The lowest BCUT2D eigenvalue weighted by Crippen LogP contribution is -2.26. The fourth-order valence-corrected chi connectivity index (χ4v) is 5.15. The Balaban J connectivity index is 0.000000340. The minimum Gasteiger partial charge on any atom is -0.506 e. The number of pyridine rings is 1. The second-order valence-electron chi connectivity index (χ2n) is 11.3. The number of aromatic nitrogens is 1. The van der Waals surface area contributed by atoms with Crippen LogP contribution in [0.2, 0.25) is 0 Å². The second kappa shape index (κ2) is 19.0. The number of carbonyl (C=O) groups is 2. The van der Waals surface area contributed by atoms with E-state index in [2.05, 4.69) is 36.9 Å². The highest BCUT2D eigenvalue weighted by atomic mass is 79.9. The Morgan fingerprint density at radius 3 is 2.00 bits per heavy atom. The predicted octanol–water partition coefficient (Wildman–Crippen LogP) is 6.92. The number of hydrogen-bond acceptors (Lipinski definition) is 9. The van der Waals surface area contributed by atoms with E-state index in [0.29, 0.717) is 11.6 Å². The fraction of sp³-hybridized carbons (Fsp3) is 0.412. The zero-order valence-corrected chi connectivity index (χ0v) is 30.9. The summed E-state index contributed by atoms with van der Waals surface area (Å²) in [5, 5.41) is 29.5. The lowest BCUT2D eigenvalue weighted by Gasteiger charge is -2.25. The number of aliphatic hydroxyl groups is 3. The lowest BCUT2D eigenvalue weighted by molar-refractivity contribution is -0.137. The van der Waals surface area contributed by atoms with Crippen LogP contribution in [0.4, 0.5) is 13.2 Å². The van der Waals surface area contributed by atoms with Gasteiger partial charge in [0, 0.05) is 23.9 Å². The molecule has 0 aliphatic carbocycles. The summed E-state index contributed by atoms with van der Waals surface area (Å²) < 4.78 is 52.8. The first-order valence-corrected chi connectivity index (χ1v) is 16.8. The Morgan fingerprint density at radius 1 is 0.878 bits per heavy atom. The first-order valence-electron chi connectivity index (χ1n) is 15.2. The summed E-state index contributed by atoms with van der Waals surface area (Å²) in [5.74, 6) is -4.83. The van der Waals surface area contributed by atoms with E-state index in [9.17, 15) is 42.9 Å². The molecule has 10 nitrogen and oxygen atoms in total. The monoisotopic (exact) mass is 818 g/mol. The highest BCUT2D eigenvalue weighted by Crippen LogP contribution is 2.28. The number of rotatable bonds is 12. The molecule has 49 heavy (non-hydrogen) atoms. The van der Waals surface area contributed by atoms with E-state index in [0.717, 1.165) is 12.3 Å². The molecule has 0 fully saturated rings. The molecule has 1 heterocycles. The van der Waals surface area contributed by atoms with Gasteiger partial charge in [-0.25, -0.2) is 22.8 Å². The summed E-state index contributed by atoms with van der Waals surface area (Å²) in [6.07, 6.45) is 2.38. The van der Waals surface area contributed by atoms with Gasteiger partial charge in [-0.05, 0) is 75.7 Å². The fourth-order valence-electron chi connectivity index (χ4n) is 4.46. The normalized spacial score (nSPS) is 13.3. The van der Waals surface area contributed by atoms with Gasteiger partial charge in [0.15, 0.2) is 0 Å². The molecule has 0 amide bonds. The Morgan fingerprint density at radius 2 is 1.47 bits per heavy atom. The van der Waals surface area contributed by atoms with Crippen LogP contribution in [0.15, 0.2) is 54.8 Å². The van der Waals surface area contributed by atoms with E-state index in [4.69, 9.17) is 9.47 Å². The summed E-state index contributed by atoms with van der Waals surface area (Å²) in [6, 6.07) is 3.24. The van der Waals surface area contributed by atoms with Crippen LogP contribution in [0.1, 0.15) is 63.5 Å². The van der Waals surface area contributed by atoms with Crippen LogP contribution in [-0.2, 0) is 14.3 Å². The van der Waals surface area contributed by atoms with Crippen molar-refractivity contribution in [1.82, 2.24) is 4.57 Å². The van der Waals surface area contributed by atoms with Gasteiger partial charge in [0.1, 0.15) is 34.3 Å². The number of benzene rings is 2. The maximum Gasteiger partial charge on any atom is 0.343 e. The average molecular weight is 820 g/mol. The van der Waals surface area contributed by atoms with Crippen LogP contribution in [0, 0.1) is 29.3 Å². The molecule has 0 aliphatic heterocycles. The van der Waals surface area contributed by atoms with E-state index >= 15 is 0 Å². The molecular formula is C34H39Br2F3N2O8. The van der Waals surface area contributed by atoms with Crippen LogP contribution in [0.5, 0.6) is 0 Å². The van der Waals surface area contributed by atoms with Crippen molar-refractivity contribution in [3.63, 3.8) is 0 Å². The molecule has 2 unspecified atom stereocenters. The maximum atomic E-state index is 14.0. The lowest BCUT2D eigenvalue weighted by atomic mass is 10.0. The zero-order chi connectivity index (χ0) is 37.2. The summed E-state index contributed by atoms with van der Waals surface area (Å²) in [6.45, 7) is 10.3. The topological polar surface area (TPSA) is 148 Å². The first-order chi connectivity index (χ1) is 23.0. The minimum absolute atomic E-state index is 0.00227. The molecular weight excluding hydrogens is 781 g/mol. The largest absolute Gasteiger partial charge is 0.506 e. The standard InChI is InChI=1S/C17H20BrF2NO4.C17H19BrFNO4/c1-4-25-17(24)11(7-21-15(8-22)9(2)3)16(23)10-5-12(18)14(20)6-13(10)19;1-4-24-17(23)11-7-20(15(8-21)9(2)3)14-6-13(19)12(18)5-10(14)16(11)22/h5-7,9,15,22-23H,4,8H2,1-3H3;5-7,9,15,21H,4,8H2,1-3H3. The summed E-state index contributed by atoms with van der Waals surface area (Å²) in [5.41, 5.74) is -1.12. The Hall–Kier alpha value is -3.53. The number of nitrogens with zero attached hydrogens (tertiary/aromatic N) is 2. The molecule has 2 aromatic carbocycles. The highest BCUT2D eigenvalue weighted by Gasteiger charge is 2.24. The Bertz CT molecular complexity index is 1780. The Labute approximate surface area is 298 Å². The van der Waals surface area contributed by atoms with Crippen molar-refractivity contribution in [1.29, 1.82) is 0 Å². The number of aliphatic imine (C=N–C) groups is 1. The predicted molar refractivity (Wildman–Crippen MR) is 187 cm³/mol. The van der Waals surface area contributed by atoms with Crippen molar-refractivity contribution in [3.05, 3.63) is 83.8 Å². The third-order valence-corrected chi connectivity index (χ3v) is 8.47. The number of ether oxygens (including phenoxy) is 2. The molecule has 0 saturated heterocycles. The molecule has 0 spiro atoms. The number of carbonyl (C=O) groups excluding carboxylic acids is 2. The Kier molecular flexibility index (Phi) is 16.2. The summed E-state index contributed by atoms with van der Waals surface area (Å²) >= 11 is 5.96. The molecule has 0 bridgehead atoms. The number of esters is 2. The van der Waals surface area contributed by atoms with Gasteiger partial charge in [-0.15, -0.1) is 0 Å². The van der Waals surface area contributed by atoms with Gasteiger partial charge in [-0.3, -0.25) is 9.79 Å². The van der Waals surface area contributed by atoms with Gasteiger partial charge >= 0.3 is 11.9 Å². The SMILES string of the molecule is CCOC(=O)C(C=NC(CO)C(C)C)=C(O)c1cc(Br)c(F)cc1F.CCOC(=O)c1cn(C(CO)C(C)C)c2cc(F)c(Br)cc2c1=O. The van der Waals surface area contributed by atoms with Gasteiger partial charge < -0.3 is 29.4 Å². The molecule has 3 N–H and O–H groups in total. The van der Waals surface area contributed by atoms with Crippen molar-refractivity contribution in [2.75, 3.05) is 26.4 Å². The maximum absolute atomic E-state index is 14.0. The third-order valence-electron chi connectivity index (χ3n) is 7.25. The number of hydrogen-bond donors (Lipinski definition) is 3. The molecule has 0 saturated carbocycles. The van der Waals surface area contributed by atoms with Crippen LogP contribution in [-0.4, -0.2) is 70.5 Å². The van der Waals surface area contributed by atoms with Gasteiger partial charge in [0.25, 0.3) is 0 Å². The van der Waals surface area contributed by atoms with Crippen molar-refractivity contribution in [3.8, 4) is 0 Å². The third kappa shape index (κ3) is 10.5. The average Bonchev–Trinajstić information content (AvgIpc) is 3.03. The van der Waals surface area contributed by atoms with Crippen molar-refractivity contribution < 1.29 is 47.6 Å². The van der Waals surface area contributed by atoms with Crippen LogP contribution in [0.3, 0.4) is 0 Å². The molecule has 268 valence electrons. The minimum atomic E-state index is -1.05. The second-order valence-corrected chi connectivity index (χ2v) is 13.0. The molecule has 0 radical (unpaired) electrons. The van der Waals surface area contributed by atoms with Gasteiger partial charge in [0.05, 0.1) is 58.5 Å². The summed E-state index contributed by atoms with van der Waals surface area (Å²) in [7, 11) is 0. The van der Waals surface area contributed by atoms with Crippen LogP contribution < -0.4 is 5.43 Å². The number of halogens is 5. The van der Waals surface area contributed by atoms with Crippen LogP contribution >= 0.6 is 31.9 Å². The number of aliphatic hydroxyl groups excluding tert-OH is 3. The highest BCUT2D eigenvalue weighted by molar-refractivity contribution is 9.10. The van der Waals surface area contributed by atoms with Crippen molar-refractivity contribution in [2.24, 2.45) is 16.8 Å². The summed E-state index contributed by atoms with van der Waals surface area (Å²) in [4.78, 5) is 40.9. The van der Waals surface area contributed by atoms with Gasteiger partial charge in [0.2, 0.25) is 5.43 Å². The number of fused-ring (bicyclic) bond motifs is 1. The van der Waals surface area contributed by atoms with Crippen molar-refractivity contribution >= 4 is 66.7 Å². The zero-order valence-electron chi connectivity index (χ0n) is 27.8. The molecule has 2 atom stereocenters. The van der Waals surface area contributed by atoms with Crippen LogP contribution in [0.25, 0.3) is 16.7 Å². The van der Waals surface area contributed by atoms with Crippen molar-refractivity contribution in [2.45, 2.75) is 53.6 Å². The molecule has 3 aromatic rings. The van der Waals surface area contributed by atoms with E-state index in [1.807, 2.05) is 27.7 Å². The first kappa shape index (κ1) is 41.6. The van der Waals surface area contributed by atoms with E-state index in [-0.39, 0.29) is 63.7 Å². The van der Waals surface area contributed by atoms with Gasteiger partial charge in [-0.2, -0.15) is 0 Å². The van der Waals surface area contributed by atoms with Gasteiger partial charge in [-0.1, -0.05) is 27.7 Å². The van der Waals surface area contributed by atoms with E-state index < -0.39 is 58.2 Å².